The summed E-state index contributed by atoms with van der Waals surface area (Å²) >= 11 is 0. The summed E-state index contributed by atoms with van der Waals surface area (Å²) in [6.45, 7) is 0. The van der Waals surface area contributed by atoms with Gasteiger partial charge in [0.2, 0.25) is 0 Å². The first kappa shape index (κ1) is 81.9. The van der Waals surface area contributed by atoms with E-state index in [-0.39, 0.29) is 0 Å². The molecule has 0 spiro atoms. The van der Waals surface area contributed by atoms with Crippen molar-refractivity contribution in [1.29, 1.82) is 0 Å². The van der Waals surface area contributed by atoms with E-state index < -0.39 is 0 Å². The lowest BCUT2D eigenvalue weighted by atomic mass is 9.99. The van der Waals surface area contributed by atoms with Crippen LogP contribution in [0.3, 0.4) is 0 Å². The van der Waals surface area contributed by atoms with Crippen LogP contribution in [0.5, 0.6) is 0 Å². The van der Waals surface area contributed by atoms with E-state index in [0.29, 0.717) is 0 Å². The normalized spacial score (nSPS) is 11.1. The molecule has 0 bridgehead atoms. The van der Waals surface area contributed by atoms with Crippen molar-refractivity contribution in [2.45, 2.75) is 0 Å². The zero-order valence-corrected chi connectivity index (χ0v) is 73.8. The molecule has 0 radical (unpaired) electrons. The van der Waals surface area contributed by atoms with Gasteiger partial charge in [-0.3, -0.25) is 0 Å². The lowest BCUT2D eigenvalue weighted by Gasteiger charge is -2.27. The van der Waals surface area contributed by atoms with Crippen molar-refractivity contribution in [3.63, 3.8) is 0 Å². The Morgan fingerprint density at radius 3 is 0.403 bits per heavy atom. The lowest BCUT2D eigenvalue weighted by molar-refractivity contribution is 1.28. The summed E-state index contributed by atoms with van der Waals surface area (Å²) in [5.74, 6) is 0. The molecular formula is C128H92N6. The van der Waals surface area contributed by atoms with Crippen LogP contribution in [0.1, 0.15) is 0 Å². The van der Waals surface area contributed by atoms with Gasteiger partial charge in [0.25, 0.3) is 0 Å². The van der Waals surface area contributed by atoms with E-state index in [0.717, 1.165) is 169 Å². The van der Waals surface area contributed by atoms with Crippen LogP contribution in [0, 0.1) is 0 Å². The molecule has 0 saturated heterocycles. The van der Waals surface area contributed by atoms with Crippen molar-refractivity contribution >= 4 is 124 Å². The van der Waals surface area contributed by atoms with Gasteiger partial charge in [-0.2, -0.15) is 0 Å². The monoisotopic (exact) mass is 1710 g/mol. The highest BCUT2D eigenvalue weighted by Gasteiger charge is 2.23. The number of rotatable bonds is 25. The molecule has 134 heavy (non-hydrogen) atoms. The Hall–Kier alpha value is -17.8. The zero-order valence-electron chi connectivity index (χ0n) is 73.8. The van der Waals surface area contributed by atoms with E-state index in [1.807, 2.05) is 0 Å². The Kier molecular flexibility index (Phi) is 22.9. The van der Waals surface area contributed by atoms with Gasteiger partial charge in [0.15, 0.2) is 0 Å². The summed E-state index contributed by atoms with van der Waals surface area (Å²) in [6, 6.07) is 202. The van der Waals surface area contributed by atoms with E-state index in [9.17, 15) is 0 Å². The fourth-order valence-electron chi connectivity index (χ4n) is 18.7. The molecular weight excluding hydrogens is 1620 g/mol. The highest BCUT2D eigenvalue weighted by Crippen LogP contribution is 2.47. The highest BCUT2D eigenvalue weighted by atomic mass is 15.2. The van der Waals surface area contributed by atoms with Crippen LogP contribution in [0.25, 0.3) is 99.4 Å². The minimum absolute atomic E-state index is 1.05. The summed E-state index contributed by atoms with van der Waals surface area (Å²) in [7, 11) is 0. The predicted octanol–water partition coefficient (Wildman–Crippen LogP) is 36.5. The Morgan fingerprint density at radius 2 is 0.209 bits per heavy atom. The van der Waals surface area contributed by atoms with Gasteiger partial charge >= 0.3 is 0 Å². The number of hydrogen-bond acceptors (Lipinski definition) is 6. The standard InChI is InChI=1S/C128H92N6/c1-7-25-93(26-8-1)96-49-71-114(72-50-96)129(109-31-9-2-10-32-109)116-75-55-99(56-76-116)101-59-79-118(80-60-101)131(111-35-13-4-14-36-111)119-81-61-102(62-82-119)100-57-77-117(78-58-100)130(110-33-11-3-12-34-110)115-73-51-97(52-74-115)94-45-47-95(48-46-94)98-53-83-120(84-54-98)132(121-85-63-103(64-86-121)105-67-89-123(90-68-105)133(112-37-15-5-16-38-112)127-43-23-29-107-27-19-21-41-125(107)127)122-87-65-104(66-88-122)106-69-91-124(92-70-106)134(113-39-17-6-18-40-113)128-44-24-30-108-28-20-22-42-126(108)128/h1-92H. The Bertz CT molecular complexity index is 7500. The van der Waals surface area contributed by atoms with Gasteiger partial charge in [0.1, 0.15) is 0 Å². The van der Waals surface area contributed by atoms with Crippen molar-refractivity contribution in [2.75, 3.05) is 29.4 Å². The summed E-state index contributed by atoms with van der Waals surface area (Å²) in [4.78, 5) is 14.1. The molecule has 0 aliphatic heterocycles. The molecule has 0 aliphatic carbocycles. The van der Waals surface area contributed by atoms with E-state index in [1.165, 1.54) is 32.7 Å². The van der Waals surface area contributed by atoms with Gasteiger partial charge in [0.05, 0.1) is 11.4 Å². The minimum Gasteiger partial charge on any atom is -0.311 e. The fraction of sp³-hybridized carbons (Fsp3) is 0. The van der Waals surface area contributed by atoms with Crippen LogP contribution < -0.4 is 29.4 Å². The van der Waals surface area contributed by atoms with Crippen LogP contribution in [-0.4, -0.2) is 0 Å². The van der Waals surface area contributed by atoms with Gasteiger partial charge in [-0.05, 0) is 295 Å². The Balaban J connectivity index is 0.502. The number of fused-ring (bicyclic) bond motifs is 2. The molecule has 0 aliphatic rings. The molecule has 6 nitrogen and oxygen atoms in total. The van der Waals surface area contributed by atoms with Crippen LogP contribution in [0.15, 0.2) is 558 Å². The average molecular weight is 1710 g/mol. The first-order valence-electron chi connectivity index (χ1n) is 45.7. The molecule has 0 unspecified atom stereocenters. The highest BCUT2D eigenvalue weighted by molar-refractivity contribution is 6.01. The molecule has 0 aromatic heterocycles. The van der Waals surface area contributed by atoms with Crippen LogP contribution in [0.4, 0.5) is 102 Å². The zero-order chi connectivity index (χ0) is 89.3. The molecule has 0 N–H and O–H groups in total. The quantitative estimate of drug-likeness (QED) is 0.0564. The second-order valence-electron chi connectivity index (χ2n) is 33.6. The molecule has 0 amide bonds. The van der Waals surface area contributed by atoms with E-state index in [1.54, 1.807) is 0 Å². The van der Waals surface area contributed by atoms with Gasteiger partial charge in [0, 0.05) is 102 Å². The SMILES string of the molecule is c1ccc(-c2ccc(N(c3ccccc3)c3ccc(-c4ccc(N(c5ccccc5)c5ccc(-c6ccc(N(c7ccccc7)c7ccc(-c8ccc(-c9ccc(N(c%10ccc(-c%11ccc(N(c%12ccccc%12)c%12cccc%13ccccc%12%13)cc%11)cc%10)c%10ccc(-c%11ccc(N(c%12ccccc%12)c%12cccc%13ccccc%12%13)cc%11)cc%10)cc9)cc8)cc7)cc6)cc5)cc4)cc3)cc2)cc1. The van der Waals surface area contributed by atoms with Crippen LogP contribution in [-0.2, 0) is 0 Å². The van der Waals surface area contributed by atoms with Crippen molar-refractivity contribution in [2.24, 2.45) is 0 Å². The molecule has 22 aromatic carbocycles. The number of nitrogens with zero attached hydrogens (tertiary/aromatic N) is 6. The molecule has 0 heterocycles. The topological polar surface area (TPSA) is 19.4 Å². The largest absolute Gasteiger partial charge is 0.311 e. The van der Waals surface area contributed by atoms with E-state index >= 15 is 0 Å². The third-order valence-corrected chi connectivity index (χ3v) is 25.5. The number of para-hydroxylation sites is 5. The van der Waals surface area contributed by atoms with Gasteiger partial charge in [-0.25, -0.2) is 0 Å². The molecule has 0 saturated carbocycles. The molecule has 6 heteroatoms. The van der Waals surface area contributed by atoms with Crippen LogP contribution in [0.2, 0.25) is 0 Å². The third-order valence-electron chi connectivity index (χ3n) is 25.5. The lowest BCUT2D eigenvalue weighted by Crippen LogP contribution is -2.10. The second kappa shape index (κ2) is 37.5. The first-order valence-corrected chi connectivity index (χ1v) is 45.7. The van der Waals surface area contributed by atoms with Crippen molar-refractivity contribution in [3.8, 4) is 77.9 Å². The number of benzene rings is 22. The molecule has 0 atom stereocenters. The number of anilines is 18. The maximum Gasteiger partial charge on any atom is 0.0540 e. The smallest absolute Gasteiger partial charge is 0.0540 e. The molecule has 0 fully saturated rings. The third kappa shape index (κ3) is 17.1. The Labute approximate surface area is 783 Å². The van der Waals surface area contributed by atoms with Gasteiger partial charge in [-0.15, -0.1) is 0 Å². The molecule has 22 aromatic rings. The minimum atomic E-state index is 1.05. The van der Waals surface area contributed by atoms with Crippen LogP contribution >= 0.6 is 0 Å². The number of hydrogen-bond donors (Lipinski definition) is 0. The average Bonchev–Trinajstić information content (AvgIpc) is 0.772. The van der Waals surface area contributed by atoms with Crippen molar-refractivity contribution < 1.29 is 0 Å². The first-order chi connectivity index (χ1) is 66.4. The molecule has 22 rings (SSSR count). The van der Waals surface area contributed by atoms with Crippen molar-refractivity contribution in [1.82, 2.24) is 0 Å². The predicted molar refractivity (Wildman–Crippen MR) is 568 cm³/mol. The second-order valence-corrected chi connectivity index (χ2v) is 33.6. The fourth-order valence-corrected chi connectivity index (χ4v) is 18.7. The summed E-state index contributed by atoms with van der Waals surface area (Å²) in [5, 5.41) is 4.81. The summed E-state index contributed by atoms with van der Waals surface area (Å²) in [6.07, 6.45) is 0. The maximum absolute atomic E-state index is 2.36. The summed E-state index contributed by atoms with van der Waals surface area (Å²) in [5.41, 5.74) is 35.6. The van der Waals surface area contributed by atoms with Crippen molar-refractivity contribution in [3.05, 3.63) is 558 Å². The van der Waals surface area contributed by atoms with E-state index in [2.05, 4.69) is 588 Å². The molecule has 634 valence electrons. The summed E-state index contributed by atoms with van der Waals surface area (Å²) < 4.78 is 0. The van der Waals surface area contributed by atoms with Gasteiger partial charge in [-0.1, -0.05) is 352 Å². The maximum atomic E-state index is 2.36. The van der Waals surface area contributed by atoms with E-state index in [4.69, 9.17) is 0 Å². The van der Waals surface area contributed by atoms with Gasteiger partial charge < -0.3 is 29.4 Å². The Morgan fingerprint density at radius 1 is 0.0821 bits per heavy atom.